The van der Waals surface area contributed by atoms with Gasteiger partial charge in [0.15, 0.2) is 0 Å². The van der Waals surface area contributed by atoms with E-state index in [-0.39, 0.29) is 5.57 Å². The highest BCUT2D eigenvalue weighted by Crippen LogP contribution is 2.19. The van der Waals surface area contributed by atoms with E-state index in [4.69, 9.17) is 0 Å². The smallest absolute Gasteiger partial charge is 0.333 e. The monoisotopic (exact) mass is 450 g/mol. The molecule has 1 aliphatic heterocycles. The number of carbonyl (C=O) groups excluding carboxylic acids is 3. The van der Waals surface area contributed by atoms with Crippen LogP contribution in [-0.2, 0) is 9.59 Å². The van der Waals surface area contributed by atoms with Crippen LogP contribution in [0.25, 0.3) is 0 Å². The van der Waals surface area contributed by atoms with Gasteiger partial charge in [-0.2, -0.15) is 0 Å². The SMILES string of the molecule is CCCCCCCCCCCCC/C=C/[C@@H](O)[C@@H](C=C1C(=O)N(C)C(=O)N(C)C1=O)CO. The van der Waals surface area contributed by atoms with Gasteiger partial charge in [0.2, 0.25) is 0 Å². The van der Waals surface area contributed by atoms with Gasteiger partial charge in [-0.25, -0.2) is 4.79 Å². The summed E-state index contributed by atoms with van der Waals surface area (Å²) in [5.74, 6) is -2.26. The van der Waals surface area contributed by atoms with Crippen molar-refractivity contribution >= 4 is 17.8 Å². The van der Waals surface area contributed by atoms with Gasteiger partial charge in [-0.1, -0.05) is 89.4 Å². The van der Waals surface area contributed by atoms with Gasteiger partial charge in [0, 0.05) is 20.0 Å². The van der Waals surface area contributed by atoms with E-state index in [2.05, 4.69) is 6.92 Å². The summed E-state index contributed by atoms with van der Waals surface area (Å²) in [5, 5.41) is 20.0. The number of aliphatic hydroxyl groups is 2. The fourth-order valence-corrected chi connectivity index (χ4v) is 3.77. The molecule has 4 amide bonds. The second-order valence-electron chi connectivity index (χ2n) is 8.68. The van der Waals surface area contributed by atoms with Crippen molar-refractivity contribution in [2.75, 3.05) is 20.7 Å². The number of aliphatic hydroxyl groups excluding tert-OH is 2. The molecule has 0 aromatic rings. The van der Waals surface area contributed by atoms with Gasteiger partial charge in [0.25, 0.3) is 11.8 Å². The lowest BCUT2D eigenvalue weighted by molar-refractivity contribution is -0.134. The van der Waals surface area contributed by atoms with Crippen LogP contribution in [0.3, 0.4) is 0 Å². The number of hydrogen-bond acceptors (Lipinski definition) is 5. The van der Waals surface area contributed by atoms with Crippen molar-refractivity contribution in [1.29, 1.82) is 0 Å². The van der Waals surface area contributed by atoms with Crippen LogP contribution >= 0.6 is 0 Å². The van der Waals surface area contributed by atoms with Crippen LogP contribution in [0.5, 0.6) is 0 Å². The summed E-state index contributed by atoms with van der Waals surface area (Å²) in [5.41, 5.74) is -0.216. The van der Waals surface area contributed by atoms with Crippen molar-refractivity contribution in [2.45, 2.75) is 90.1 Å². The Labute approximate surface area is 193 Å². The largest absolute Gasteiger partial charge is 0.396 e. The minimum Gasteiger partial charge on any atom is -0.396 e. The van der Waals surface area contributed by atoms with Crippen molar-refractivity contribution < 1.29 is 24.6 Å². The zero-order chi connectivity index (χ0) is 23.9. The van der Waals surface area contributed by atoms with Gasteiger partial charge < -0.3 is 10.2 Å². The Bertz CT molecular complexity index is 633. The number of hydrogen-bond donors (Lipinski definition) is 2. The van der Waals surface area contributed by atoms with E-state index in [1.807, 2.05) is 6.08 Å². The van der Waals surface area contributed by atoms with Crippen LogP contribution in [0.15, 0.2) is 23.8 Å². The third kappa shape index (κ3) is 9.25. The maximum absolute atomic E-state index is 12.3. The first-order valence-corrected chi connectivity index (χ1v) is 12.1. The molecule has 7 heteroatoms. The lowest BCUT2D eigenvalue weighted by Gasteiger charge is -2.29. The molecule has 1 aliphatic rings. The zero-order valence-corrected chi connectivity index (χ0v) is 20.1. The number of carbonyl (C=O) groups is 3. The Balaban J connectivity index is 2.34. The topological polar surface area (TPSA) is 98.2 Å². The number of amides is 4. The van der Waals surface area contributed by atoms with E-state index in [0.717, 1.165) is 29.1 Å². The molecule has 1 rings (SSSR count). The number of barbiturate groups is 1. The van der Waals surface area contributed by atoms with E-state index in [0.29, 0.717) is 0 Å². The van der Waals surface area contributed by atoms with Crippen LogP contribution in [0.1, 0.15) is 84.0 Å². The molecule has 0 radical (unpaired) electrons. The van der Waals surface area contributed by atoms with Crippen LogP contribution in [-0.4, -0.2) is 64.7 Å². The molecule has 32 heavy (non-hydrogen) atoms. The Morgan fingerprint density at radius 1 is 0.812 bits per heavy atom. The molecular formula is C25H42N2O5. The summed E-state index contributed by atoms with van der Waals surface area (Å²) in [6, 6.07) is -0.704. The third-order valence-electron chi connectivity index (χ3n) is 5.98. The van der Waals surface area contributed by atoms with Crippen molar-refractivity contribution in [3.63, 3.8) is 0 Å². The molecule has 7 nitrogen and oxygen atoms in total. The summed E-state index contributed by atoms with van der Waals surface area (Å²) >= 11 is 0. The normalized spacial score (nSPS) is 16.9. The lowest BCUT2D eigenvalue weighted by atomic mass is 9.97. The minimum absolute atomic E-state index is 0.216. The Kier molecular flexibility index (Phi) is 13.8. The molecule has 0 aromatic carbocycles. The molecule has 2 N–H and O–H groups in total. The first-order chi connectivity index (χ1) is 15.3. The molecule has 2 atom stereocenters. The highest BCUT2D eigenvalue weighted by atomic mass is 16.3. The summed E-state index contributed by atoms with van der Waals surface area (Å²) in [4.78, 5) is 38.0. The number of allylic oxidation sites excluding steroid dienone is 1. The van der Waals surface area contributed by atoms with Crippen molar-refractivity contribution in [3.05, 3.63) is 23.8 Å². The standard InChI is InChI=1S/C25H42N2O5/c1-4-5-6-7-8-9-10-11-12-13-14-15-16-17-22(29)20(19-28)18-21-23(30)26(2)25(32)27(3)24(21)31/h16-18,20,22,28-29H,4-15,19H2,1-3H3/b17-16+/t20-,22+/m0/s1. The second-order valence-corrected chi connectivity index (χ2v) is 8.68. The quantitative estimate of drug-likeness (QED) is 0.159. The molecule has 1 heterocycles. The Morgan fingerprint density at radius 3 is 1.75 bits per heavy atom. The predicted octanol–water partition coefficient (Wildman–Crippen LogP) is 4.19. The lowest BCUT2D eigenvalue weighted by Crippen LogP contribution is -2.53. The number of likely N-dealkylation sites (N-methyl/N-ethyl adjacent to an activating group) is 2. The molecule has 0 saturated carbocycles. The van der Waals surface area contributed by atoms with Gasteiger partial charge >= 0.3 is 6.03 Å². The third-order valence-corrected chi connectivity index (χ3v) is 5.98. The highest BCUT2D eigenvalue weighted by molar-refractivity contribution is 6.28. The molecule has 1 fully saturated rings. The number of imide groups is 2. The van der Waals surface area contributed by atoms with E-state index in [1.165, 1.54) is 78.0 Å². The molecule has 0 bridgehead atoms. The van der Waals surface area contributed by atoms with Gasteiger partial charge in [0.05, 0.1) is 12.7 Å². The number of rotatable bonds is 16. The minimum atomic E-state index is -1.02. The van der Waals surface area contributed by atoms with Crippen molar-refractivity contribution in [1.82, 2.24) is 9.80 Å². The van der Waals surface area contributed by atoms with Gasteiger partial charge in [-0.3, -0.25) is 19.4 Å². The maximum Gasteiger partial charge on any atom is 0.333 e. The summed E-state index contributed by atoms with van der Waals surface area (Å²) in [6.45, 7) is 1.82. The number of unbranched alkanes of at least 4 members (excludes halogenated alkanes) is 11. The fourth-order valence-electron chi connectivity index (χ4n) is 3.77. The molecule has 1 saturated heterocycles. The molecule has 182 valence electrons. The maximum atomic E-state index is 12.3. The van der Waals surface area contributed by atoms with Crippen LogP contribution < -0.4 is 0 Å². The summed E-state index contributed by atoms with van der Waals surface area (Å²) in [7, 11) is 2.58. The van der Waals surface area contributed by atoms with Crippen LogP contribution in [0.4, 0.5) is 4.79 Å². The summed E-state index contributed by atoms with van der Waals surface area (Å²) < 4.78 is 0. The molecule has 0 unspecified atom stereocenters. The molecule has 0 aliphatic carbocycles. The highest BCUT2D eigenvalue weighted by Gasteiger charge is 2.38. The number of urea groups is 1. The van der Waals surface area contributed by atoms with Crippen LogP contribution in [0, 0.1) is 5.92 Å². The zero-order valence-electron chi connectivity index (χ0n) is 20.1. The first kappa shape index (κ1) is 28.0. The van der Waals surface area contributed by atoms with E-state index >= 15 is 0 Å². The van der Waals surface area contributed by atoms with Crippen molar-refractivity contribution in [3.8, 4) is 0 Å². The fraction of sp³-hybridized carbons (Fsp3) is 0.720. The van der Waals surface area contributed by atoms with E-state index in [9.17, 15) is 24.6 Å². The van der Waals surface area contributed by atoms with Gasteiger partial charge in [-0.05, 0) is 12.8 Å². The summed E-state index contributed by atoms with van der Waals surface area (Å²) in [6.07, 6.45) is 18.6. The molecule has 0 aromatic heterocycles. The van der Waals surface area contributed by atoms with Gasteiger partial charge in [-0.15, -0.1) is 0 Å². The molecule has 0 spiro atoms. The van der Waals surface area contributed by atoms with Crippen LogP contribution in [0.2, 0.25) is 0 Å². The average Bonchev–Trinajstić information content (AvgIpc) is 2.79. The second kappa shape index (κ2) is 15.8. The Hall–Kier alpha value is -1.99. The van der Waals surface area contributed by atoms with E-state index in [1.54, 1.807) is 6.08 Å². The first-order valence-electron chi connectivity index (χ1n) is 12.1. The van der Waals surface area contributed by atoms with Gasteiger partial charge in [0.1, 0.15) is 5.57 Å². The number of nitrogens with zero attached hydrogens (tertiary/aromatic N) is 2. The predicted molar refractivity (Wildman–Crippen MR) is 126 cm³/mol. The van der Waals surface area contributed by atoms with E-state index < -0.39 is 36.5 Å². The van der Waals surface area contributed by atoms with Crippen molar-refractivity contribution in [2.24, 2.45) is 5.92 Å². The Morgan fingerprint density at radius 2 is 1.28 bits per heavy atom. The molecular weight excluding hydrogens is 408 g/mol. The average molecular weight is 451 g/mol.